The van der Waals surface area contributed by atoms with E-state index in [0.29, 0.717) is 6.54 Å². The summed E-state index contributed by atoms with van der Waals surface area (Å²) in [6.07, 6.45) is 2.03. The first-order valence-corrected chi connectivity index (χ1v) is 6.09. The van der Waals surface area contributed by atoms with Crippen molar-refractivity contribution in [1.82, 2.24) is 20.4 Å². The van der Waals surface area contributed by atoms with E-state index < -0.39 is 0 Å². The Hall–Kier alpha value is -1.36. The molecule has 0 unspecified atom stereocenters. The zero-order valence-corrected chi connectivity index (χ0v) is 10.7. The number of aryl methyl sites for hydroxylation is 2. The van der Waals surface area contributed by atoms with Gasteiger partial charge in [0.25, 0.3) is 0 Å². The molecule has 5 nitrogen and oxygen atoms in total. The molecule has 5 heteroatoms. The lowest BCUT2D eigenvalue weighted by atomic mass is 10.2. The molecular weight excluding hydrogens is 216 g/mol. The van der Waals surface area contributed by atoms with Gasteiger partial charge in [0.15, 0.2) is 0 Å². The van der Waals surface area contributed by atoms with Crippen LogP contribution in [0.3, 0.4) is 0 Å². The van der Waals surface area contributed by atoms with Gasteiger partial charge in [0, 0.05) is 24.8 Å². The fourth-order valence-electron chi connectivity index (χ4n) is 2.28. The van der Waals surface area contributed by atoms with Gasteiger partial charge in [-0.2, -0.15) is 5.10 Å². The molecule has 1 aromatic heterocycles. The van der Waals surface area contributed by atoms with Crippen molar-refractivity contribution >= 4 is 5.91 Å². The number of nitrogens with zero attached hydrogens (tertiary/aromatic N) is 2. The van der Waals surface area contributed by atoms with E-state index in [1.54, 1.807) is 0 Å². The maximum Gasteiger partial charge on any atom is 0.237 e. The van der Waals surface area contributed by atoms with Crippen molar-refractivity contribution in [2.75, 3.05) is 6.54 Å². The molecule has 1 fully saturated rings. The van der Waals surface area contributed by atoms with Gasteiger partial charge in [-0.1, -0.05) is 0 Å². The SMILES string of the molecule is Cc1nn(C)c(C)c1CNC(=O)[C@H]1CCCN1. The number of rotatable bonds is 3. The van der Waals surface area contributed by atoms with Gasteiger partial charge in [0.2, 0.25) is 5.91 Å². The molecule has 2 rings (SSSR count). The third kappa shape index (κ3) is 2.49. The van der Waals surface area contributed by atoms with Crippen molar-refractivity contribution in [3.63, 3.8) is 0 Å². The number of carbonyl (C=O) groups excluding carboxylic acids is 1. The fourth-order valence-corrected chi connectivity index (χ4v) is 2.28. The van der Waals surface area contributed by atoms with E-state index in [-0.39, 0.29) is 11.9 Å². The van der Waals surface area contributed by atoms with Crippen LogP contribution in [0, 0.1) is 13.8 Å². The number of carbonyl (C=O) groups is 1. The second kappa shape index (κ2) is 4.87. The molecule has 1 saturated heterocycles. The van der Waals surface area contributed by atoms with Crippen LogP contribution in [-0.2, 0) is 18.4 Å². The van der Waals surface area contributed by atoms with Gasteiger partial charge in [-0.15, -0.1) is 0 Å². The smallest absolute Gasteiger partial charge is 0.237 e. The summed E-state index contributed by atoms with van der Waals surface area (Å²) in [5, 5.41) is 10.5. The standard InChI is InChI=1S/C12H20N4O/c1-8-10(9(2)16(3)15-8)7-14-12(17)11-5-4-6-13-11/h11,13H,4-7H2,1-3H3,(H,14,17)/t11-/m1/s1. The molecular formula is C12H20N4O. The maximum atomic E-state index is 11.8. The third-order valence-electron chi connectivity index (χ3n) is 3.48. The fraction of sp³-hybridized carbons (Fsp3) is 0.667. The van der Waals surface area contributed by atoms with E-state index in [1.807, 2.05) is 25.6 Å². The quantitative estimate of drug-likeness (QED) is 0.799. The van der Waals surface area contributed by atoms with Crippen molar-refractivity contribution in [3.05, 3.63) is 17.0 Å². The molecule has 0 radical (unpaired) electrons. The van der Waals surface area contributed by atoms with Gasteiger partial charge in [-0.3, -0.25) is 9.48 Å². The van der Waals surface area contributed by atoms with Gasteiger partial charge in [-0.25, -0.2) is 0 Å². The molecule has 0 bridgehead atoms. The molecule has 1 atom stereocenters. The minimum atomic E-state index is -0.00714. The van der Waals surface area contributed by atoms with Crippen LogP contribution >= 0.6 is 0 Å². The zero-order valence-electron chi connectivity index (χ0n) is 10.7. The van der Waals surface area contributed by atoms with Crippen LogP contribution in [-0.4, -0.2) is 28.3 Å². The van der Waals surface area contributed by atoms with Crippen molar-refractivity contribution in [2.45, 2.75) is 39.3 Å². The molecule has 2 N–H and O–H groups in total. The van der Waals surface area contributed by atoms with E-state index in [9.17, 15) is 4.79 Å². The summed E-state index contributed by atoms with van der Waals surface area (Å²) in [6.45, 7) is 5.52. The van der Waals surface area contributed by atoms with Crippen molar-refractivity contribution in [3.8, 4) is 0 Å². The summed E-state index contributed by atoms with van der Waals surface area (Å²) in [5.74, 6) is 0.102. The highest BCUT2D eigenvalue weighted by atomic mass is 16.2. The molecule has 0 saturated carbocycles. The van der Waals surface area contributed by atoms with Crippen LogP contribution in [0.4, 0.5) is 0 Å². The van der Waals surface area contributed by atoms with Crippen LogP contribution in [0.5, 0.6) is 0 Å². The van der Waals surface area contributed by atoms with E-state index in [4.69, 9.17) is 0 Å². The number of hydrogen-bond donors (Lipinski definition) is 2. The Kier molecular flexibility index (Phi) is 3.47. The minimum Gasteiger partial charge on any atom is -0.351 e. The second-order valence-electron chi connectivity index (χ2n) is 4.64. The molecule has 17 heavy (non-hydrogen) atoms. The lowest BCUT2D eigenvalue weighted by Crippen LogP contribution is -2.40. The van der Waals surface area contributed by atoms with E-state index in [0.717, 1.165) is 36.3 Å². The highest BCUT2D eigenvalue weighted by Crippen LogP contribution is 2.12. The van der Waals surface area contributed by atoms with Crippen LogP contribution in [0.1, 0.15) is 29.8 Å². The Labute approximate surface area is 102 Å². The highest BCUT2D eigenvalue weighted by Gasteiger charge is 2.22. The molecule has 94 valence electrons. The van der Waals surface area contributed by atoms with Crippen molar-refractivity contribution in [1.29, 1.82) is 0 Å². The average Bonchev–Trinajstić information content (AvgIpc) is 2.88. The zero-order chi connectivity index (χ0) is 12.4. The van der Waals surface area contributed by atoms with Crippen molar-refractivity contribution in [2.24, 2.45) is 7.05 Å². The number of hydrogen-bond acceptors (Lipinski definition) is 3. The first kappa shape index (κ1) is 12.1. The summed E-state index contributed by atoms with van der Waals surface area (Å²) < 4.78 is 1.85. The molecule has 2 heterocycles. The lowest BCUT2D eigenvalue weighted by molar-refractivity contribution is -0.122. The Morgan fingerprint density at radius 3 is 2.88 bits per heavy atom. The first-order chi connectivity index (χ1) is 8.09. The van der Waals surface area contributed by atoms with Gasteiger partial charge in [-0.05, 0) is 33.2 Å². The lowest BCUT2D eigenvalue weighted by Gasteiger charge is -2.11. The number of aromatic nitrogens is 2. The van der Waals surface area contributed by atoms with Crippen LogP contribution < -0.4 is 10.6 Å². The number of amides is 1. The molecule has 1 aliphatic rings. The maximum absolute atomic E-state index is 11.8. The monoisotopic (exact) mass is 236 g/mol. The topological polar surface area (TPSA) is 59.0 Å². The Morgan fingerprint density at radius 1 is 1.59 bits per heavy atom. The predicted molar refractivity (Wildman–Crippen MR) is 65.6 cm³/mol. The van der Waals surface area contributed by atoms with Crippen molar-refractivity contribution < 1.29 is 4.79 Å². The van der Waals surface area contributed by atoms with Crippen LogP contribution in [0.2, 0.25) is 0 Å². The largest absolute Gasteiger partial charge is 0.351 e. The summed E-state index contributed by atoms with van der Waals surface area (Å²) in [6, 6.07) is -0.00714. The Morgan fingerprint density at radius 2 is 2.35 bits per heavy atom. The number of nitrogens with one attached hydrogen (secondary N) is 2. The summed E-state index contributed by atoms with van der Waals surface area (Å²) in [7, 11) is 1.92. The molecule has 1 aromatic rings. The van der Waals surface area contributed by atoms with E-state index in [1.165, 1.54) is 0 Å². The first-order valence-electron chi connectivity index (χ1n) is 6.09. The molecule has 1 aliphatic heterocycles. The Balaban J connectivity index is 1.95. The second-order valence-corrected chi connectivity index (χ2v) is 4.64. The van der Waals surface area contributed by atoms with Gasteiger partial charge >= 0.3 is 0 Å². The predicted octanol–water partition coefficient (Wildman–Crippen LogP) is 0.405. The summed E-state index contributed by atoms with van der Waals surface area (Å²) in [4.78, 5) is 11.8. The van der Waals surface area contributed by atoms with E-state index in [2.05, 4.69) is 15.7 Å². The molecule has 0 spiro atoms. The van der Waals surface area contributed by atoms with Gasteiger partial charge < -0.3 is 10.6 Å². The Bertz CT molecular complexity index is 418. The minimum absolute atomic E-state index is 0.00714. The van der Waals surface area contributed by atoms with Gasteiger partial charge in [0.1, 0.15) is 0 Å². The molecule has 0 aliphatic carbocycles. The third-order valence-corrected chi connectivity index (χ3v) is 3.48. The average molecular weight is 236 g/mol. The van der Waals surface area contributed by atoms with Crippen LogP contribution in [0.25, 0.3) is 0 Å². The highest BCUT2D eigenvalue weighted by molar-refractivity contribution is 5.82. The van der Waals surface area contributed by atoms with E-state index >= 15 is 0 Å². The summed E-state index contributed by atoms with van der Waals surface area (Å²) >= 11 is 0. The normalized spacial score (nSPS) is 19.6. The molecule has 1 amide bonds. The van der Waals surface area contributed by atoms with Crippen LogP contribution in [0.15, 0.2) is 0 Å². The summed E-state index contributed by atoms with van der Waals surface area (Å²) in [5.41, 5.74) is 3.23. The molecule has 0 aromatic carbocycles. The van der Waals surface area contributed by atoms with Gasteiger partial charge in [0.05, 0.1) is 11.7 Å².